The molecule has 2 aliphatic rings. The maximum absolute atomic E-state index is 5.71. The maximum Gasteiger partial charge on any atom is 0.135 e. The van der Waals surface area contributed by atoms with Crippen LogP contribution < -0.4 is 0 Å². The smallest absolute Gasteiger partial charge is 0.135 e. The van der Waals surface area contributed by atoms with Gasteiger partial charge in [-0.1, -0.05) is 31.1 Å². The third kappa shape index (κ3) is 3.49. The molecule has 0 aromatic heterocycles. The van der Waals surface area contributed by atoms with Gasteiger partial charge in [0.25, 0.3) is 0 Å². The molecule has 3 atom stereocenters. The third-order valence-electron chi connectivity index (χ3n) is 6.23. The van der Waals surface area contributed by atoms with Crippen LogP contribution in [0.25, 0.3) is 0 Å². The number of nitrogens with zero attached hydrogens (tertiary/aromatic N) is 2. The van der Waals surface area contributed by atoms with Gasteiger partial charge in [-0.3, -0.25) is 4.99 Å². The van der Waals surface area contributed by atoms with Gasteiger partial charge in [0.15, 0.2) is 0 Å². The number of aliphatic imine (C=N–C) groups is 1. The highest BCUT2D eigenvalue weighted by atomic mass is 16.6. The van der Waals surface area contributed by atoms with Crippen LogP contribution in [0.15, 0.2) is 28.5 Å². The number of allylic oxidation sites excluding steroid dienone is 1. The van der Waals surface area contributed by atoms with Gasteiger partial charge in [0.2, 0.25) is 0 Å². The van der Waals surface area contributed by atoms with Crippen molar-refractivity contribution in [2.75, 3.05) is 0 Å². The summed E-state index contributed by atoms with van der Waals surface area (Å²) >= 11 is 0. The number of aryl methyl sites for hydroxylation is 2. The van der Waals surface area contributed by atoms with Crippen LogP contribution in [-0.2, 0) is 17.7 Å². The predicted octanol–water partition coefficient (Wildman–Crippen LogP) is 5.49. The molecule has 0 bridgehead atoms. The molecule has 26 heavy (non-hydrogen) atoms. The van der Waals surface area contributed by atoms with E-state index >= 15 is 0 Å². The Kier molecular flexibility index (Phi) is 5.64. The van der Waals surface area contributed by atoms with Gasteiger partial charge in [0, 0.05) is 30.2 Å². The standard InChI is InChI=1S/C23H32N2O/c1-7-19-22(25-26-23(19)8-2)13-21-15(4)11-14(3)20(16(21)5)12-18-9-10-24-17(18)6/h9-11,18-19,23H,7-8,12-13H2,1-6H3. The van der Waals surface area contributed by atoms with Gasteiger partial charge in [-0.2, -0.15) is 0 Å². The predicted molar refractivity (Wildman–Crippen MR) is 110 cm³/mol. The molecule has 1 aromatic rings. The summed E-state index contributed by atoms with van der Waals surface area (Å²) in [6, 6.07) is 2.34. The molecule has 0 spiro atoms. The van der Waals surface area contributed by atoms with Crippen LogP contribution in [0.4, 0.5) is 0 Å². The summed E-state index contributed by atoms with van der Waals surface area (Å²) in [4.78, 5) is 10.1. The van der Waals surface area contributed by atoms with Crippen molar-refractivity contribution < 1.29 is 4.84 Å². The first-order chi connectivity index (χ1) is 12.5. The van der Waals surface area contributed by atoms with Crippen LogP contribution >= 0.6 is 0 Å². The maximum atomic E-state index is 5.71. The lowest BCUT2D eigenvalue weighted by Crippen LogP contribution is -2.24. The molecule has 140 valence electrons. The average Bonchev–Trinajstić information content (AvgIpc) is 3.20. The molecule has 0 amide bonds. The molecule has 2 heterocycles. The largest absolute Gasteiger partial charge is 0.392 e. The van der Waals surface area contributed by atoms with Crippen molar-refractivity contribution in [2.45, 2.75) is 73.3 Å². The second-order valence-corrected chi connectivity index (χ2v) is 7.84. The van der Waals surface area contributed by atoms with E-state index in [1.54, 1.807) is 0 Å². The van der Waals surface area contributed by atoms with E-state index in [1.165, 1.54) is 39.2 Å². The number of benzene rings is 1. The van der Waals surface area contributed by atoms with Gasteiger partial charge in [0.05, 0.1) is 5.71 Å². The highest BCUT2D eigenvalue weighted by molar-refractivity contribution is 5.90. The molecule has 3 rings (SSSR count). The molecule has 0 fully saturated rings. The Morgan fingerprint density at radius 3 is 2.35 bits per heavy atom. The summed E-state index contributed by atoms with van der Waals surface area (Å²) < 4.78 is 0. The highest BCUT2D eigenvalue weighted by Crippen LogP contribution is 2.31. The molecule has 0 saturated carbocycles. The SMILES string of the molecule is CCC1ON=C(Cc2c(C)cc(C)c(CC3C=CN=C3C)c2C)C1CC. The summed E-state index contributed by atoms with van der Waals surface area (Å²) in [5.41, 5.74) is 9.52. The Morgan fingerprint density at radius 2 is 1.73 bits per heavy atom. The highest BCUT2D eigenvalue weighted by Gasteiger charge is 2.32. The van der Waals surface area contributed by atoms with Crippen molar-refractivity contribution in [3.63, 3.8) is 0 Å². The molecule has 2 aliphatic heterocycles. The fourth-order valence-corrected chi connectivity index (χ4v) is 4.49. The molecule has 3 nitrogen and oxygen atoms in total. The van der Waals surface area contributed by atoms with Crippen molar-refractivity contribution >= 4 is 11.4 Å². The lowest BCUT2D eigenvalue weighted by atomic mass is 9.83. The normalized spacial score (nSPS) is 24.6. The van der Waals surface area contributed by atoms with E-state index in [9.17, 15) is 0 Å². The van der Waals surface area contributed by atoms with Gasteiger partial charge >= 0.3 is 0 Å². The zero-order chi connectivity index (χ0) is 18.8. The first-order valence-electron chi connectivity index (χ1n) is 9.98. The number of hydrogen-bond acceptors (Lipinski definition) is 3. The number of hydrogen-bond donors (Lipinski definition) is 0. The molecule has 0 aliphatic carbocycles. The lowest BCUT2D eigenvalue weighted by Gasteiger charge is -2.21. The molecule has 0 radical (unpaired) electrons. The van der Waals surface area contributed by atoms with Crippen LogP contribution in [0.1, 0.15) is 61.4 Å². The van der Waals surface area contributed by atoms with Gasteiger partial charge in [-0.05, 0) is 74.8 Å². The van der Waals surface area contributed by atoms with Crippen molar-refractivity contribution in [1.82, 2.24) is 0 Å². The van der Waals surface area contributed by atoms with Crippen LogP contribution in [0.3, 0.4) is 0 Å². The molecule has 3 heteroatoms. The van der Waals surface area contributed by atoms with Crippen LogP contribution in [0.5, 0.6) is 0 Å². The fourth-order valence-electron chi connectivity index (χ4n) is 4.49. The van der Waals surface area contributed by atoms with Crippen molar-refractivity contribution in [1.29, 1.82) is 0 Å². The molecule has 0 saturated heterocycles. The van der Waals surface area contributed by atoms with Crippen LogP contribution in [-0.4, -0.2) is 17.5 Å². The second kappa shape index (κ2) is 7.77. The summed E-state index contributed by atoms with van der Waals surface area (Å²) in [5, 5.41) is 4.47. The molecular weight excluding hydrogens is 320 g/mol. The summed E-state index contributed by atoms with van der Waals surface area (Å²) in [6.45, 7) is 13.3. The average molecular weight is 353 g/mol. The summed E-state index contributed by atoms with van der Waals surface area (Å²) in [6.07, 6.45) is 8.49. The van der Waals surface area contributed by atoms with Crippen molar-refractivity contribution in [3.8, 4) is 0 Å². The zero-order valence-electron chi connectivity index (χ0n) is 17.1. The quantitative estimate of drug-likeness (QED) is 0.666. The number of rotatable bonds is 6. The van der Waals surface area contributed by atoms with Crippen molar-refractivity contribution in [3.05, 3.63) is 46.2 Å². The van der Waals surface area contributed by atoms with E-state index in [2.05, 4.69) is 63.8 Å². The van der Waals surface area contributed by atoms with Gasteiger partial charge in [0.1, 0.15) is 6.10 Å². The minimum atomic E-state index is 0.253. The van der Waals surface area contributed by atoms with Crippen LogP contribution in [0, 0.1) is 32.6 Å². The van der Waals surface area contributed by atoms with Gasteiger partial charge in [-0.25, -0.2) is 0 Å². The summed E-state index contributed by atoms with van der Waals surface area (Å²) in [5.74, 6) is 0.888. The zero-order valence-corrected chi connectivity index (χ0v) is 17.1. The van der Waals surface area contributed by atoms with Crippen molar-refractivity contribution in [2.24, 2.45) is 22.0 Å². The first kappa shape index (κ1) is 18.9. The van der Waals surface area contributed by atoms with Gasteiger partial charge in [-0.15, -0.1) is 0 Å². The van der Waals surface area contributed by atoms with Gasteiger partial charge < -0.3 is 4.84 Å². The van der Waals surface area contributed by atoms with E-state index in [-0.39, 0.29) is 6.10 Å². The Hall–Kier alpha value is -1.90. The Balaban J connectivity index is 1.89. The van der Waals surface area contributed by atoms with E-state index in [0.717, 1.165) is 25.7 Å². The monoisotopic (exact) mass is 352 g/mol. The fraction of sp³-hybridized carbons (Fsp3) is 0.565. The molecule has 1 aromatic carbocycles. The Bertz CT molecular complexity index is 773. The minimum Gasteiger partial charge on any atom is -0.392 e. The molecule has 0 N–H and O–H groups in total. The number of oxime groups is 1. The van der Waals surface area contributed by atoms with E-state index in [0.29, 0.717) is 11.8 Å². The second-order valence-electron chi connectivity index (χ2n) is 7.84. The molecule has 3 unspecified atom stereocenters. The van der Waals surface area contributed by atoms with E-state index < -0.39 is 0 Å². The molecular formula is C23H32N2O. The Labute approximate surface area is 158 Å². The van der Waals surface area contributed by atoms with E-state index in [1.807, 2.05) is 6.20 Å². The summed E-state index contributed by atoms with van der Waals surface area (Å²) in [7, 11) is 0. The lowest BCUT2D eigenvalue weighted by molar-refractivity contribution is 0.0583. The topological polar surface area (TPSA) is 34.0 Å². The first-order valence-corrected chi connectivity index (χ1v) is 9.98. The third-order valence-corrected chi connectivity index (χ3v) is 6.23. The van der Waals surface area contributed by atoms with E-state index in [4.69, 9.17) is 4.84 Å². The van der Waals surface area contributed by atoms with Crippen LogP contribution in [0.2, 0.25) is 0 Å². The minimum absolute atomic E-state index is 0.253. The Morgan fingerprint density at radius 1 is 1.00 bits per heavy atom.